The van der Waals surface area contributed by atoms with Crippen molar-refractivity contribution in [2.24, 2.45) is 10.9 Å². The molecular formula is C21H24N4O2S. The van der Waals surface area contributed by atoms with Crippen LogP contribution in [0.4, 0.5) is 11.4 Å². The van der Waals surface area contributed by atoms with Crippen LogP contribution in [0.1, 0.15) is 25.8 Å². The summed E-state index contributed by atoms with van der Waals surface area (Å²) in [4.78, 5) is 16.4. The van der Waals surface area contributed by atoms with Crippen LogP contribution in [0.3, 0.4) is 0 Å². The second kappa shape index (κ2) is 9.32. The number of carbonyl (C=O) groups is 1. The summed E-state index contributed by atoms with van der Waals surface area (Å²) in [5.74, 6) is 1.18. The number of thioether (sulfide) groups is 1. The SMILES string of the molecule is COc1ccc(N=C2NNC(c3ccc(NC(=O)CC(C)C)cc3)=CS2)cc1. The maximum absolute atomic E-state index is 11.9. The molecule has 0 atom stereocenters. The zero-order chi connectivity index (χ0) is 19.9. The van der Waals surface area contributed by atoms with Gasteiger partial charge in [-0.3, -0.25) is 15.6 Å². The molecule has 0 aliphatic carbocycles. The van der Waals surface area contributed by atoms with Gasteiger partial charge in [0.2, 0.25) is 5.91 Å². The van der Waals surface area contributed by atoms with Gasteiger partial charge in [-0.25, -0.2) is 4.99 Å². The van der Waals surface area contributed by atoms with Gasteiger partial charge >= 0.3 is 0 Å². The van der Waals surface area contributed by atoms with Crippen molar-refractivity contribution in [3.8, 4) is 5.75 Å². The van der Waals surface area contributed by atoms with Gasteiger partial charge in [-0.1, -0.05) is 37.7 Å². The van der Waals surface area contributed by atoms with Gasteiger partial charge in [0.1, 0.15) is 5.75 Å². The summed E-state index contributed by atoms with van der Waals surface area (Å²) in [6.45, 7) is 4.06. The smallest absolute Gasteiger partial charge is 0.224 e. The molecule has 1 aliphatic heterocycles. The molecule has 1 amide bonds. The average Bonchev–Trinajstić information content (AvgIpc) is 2.69. The lowest BCUT2D eigenvalue weighted by Gasteiger charge is -2.19. The Bertz CT molecular complexity index is 874. The molecule has 3 N–H and O–H groups in total. The van der Waals surface area contributed by atoms with Crippen LogP contribution in [-0.2, 0) is 4.79 Å². The fraction of sp³-hybridized carbons (Fsp3) is 0.238. The molecule has 0 unspecified atom stereocenters. The molecule has 2 aromatic carbocycles. The summed E-state index contributed by atoms with van der Waals surface area (Å²) in [7, 11) is 1.64. The highest BCUT2D eigenvalue weighted by Crippen LogP contribution is 2.24. The number of benzene rings is 2. The van der Waals surface area contributed by atoms with Crippen molar-refractivity contribution in [1.82, 2.24) is 10.9 Å². The largest absolute Gasteiger partial charge is 0.497 e. The van der Waals surface area contributed by atoms with Crippen molar-refractivity contribution < 1.29 is 9.53 Å². The number of amides is 1. The number of aliphatic imine (C=N–C) groups is 1. The zero-order valence-electron chi connectivity index (χ0n) is 16.2. The topological polar surface area (TPSA) is 74.8 Å². The number of nitrogens with zero attached hydrogens (tertiary/aromatic N) is 1. The van der Waals surface area contributed by atoms with Gasteiger partial charge in [-0.15, -0.1) is 0 Å². The lowest BCUT2D eigenvalue weighted by atomic mass is 10.1. The molecule has 0 aromatic heterocycles. The number of ether oxygens (including phenoxy) is 1. The molecule has 0 saturated carbocycles. The first kappa shape index (κ1) is 19.8. The number of nitrogens with one attached hydrogen (secondary N) is 3. The quantitative estimate of drug-likeness (QED) is 0.670. The van der Waals surface area contributed by atoms with Crippen LogP contribution >= 0.6 is 11.8 Å². The van der Waals surface area contributed by atoms with Gasteiger partial charge in [-0.05, 0) is 42.3 Å². The Labute approximate surface area is 169 Å². The van der Waals surface area contributed by atoms with E-state index in [9.17, 15) is 4.79 Å². The number of methoxy groups -OCH3 is 1. The summed E-state index contributed by atoms with van der Waals surface area (Å²) in [5, 5.41) is 5.68. The third kappa shape index (κ3) is 5.53. The van der Waals surface area contributed by atoms with Crippen molar-refractivity contribution in [2.75, 3.05) is 12.4 Å². The Morgan fingerprint density at radius 2 is 1.82 bits per heavy atom. The molecule has 0 saturated heterocycles. The second-order valence-electron chi connectivity index (χ2n) is 6.74. The summed E-state index contributed by atoms with van der Waals surface area (Å²) in [6.07, 6.45) is 0.519. The molecule has 0 bridgehead atoms. The molecule has 1 heterocycles. The van der Waals surface area contributed by atoms with Crippen LogP contribution < -0.4 is 20.9 Å². The fourth-order valence-corrected chi connectivity index (χ4v) is 3.27. The van der Waals surface area contributed by atoms with Crippen LogP contribution in [-0.4, -0.2) is 18.2 Å². The summed E-state index contributed by atoms with van der Waals surface area (Å²) in [6, 6.07) is 15.3. The number of amidine groups is 1. The highest BCUT2D eigenvalue weighted by molar-refractivity contribution is 8.16. The van der Waals surface area contributed by atoms with Gasteiger partial charge in [0.15, 0.2) is 5.17 Å². The minimum absolute atomic E-state index is 0.0364. The van der Waals surface area contributed by atoms with Crippen LogP contribution in [0.15, 0.2) is 58.9 Å². The summed E-state index contributed by atoms with van der Waals surface area (Å²) in [5.41, 5.74) is 9.87. The molecule has 6 nitrogen and oxygen atoms in total. The molecule has 146 valence electrons. The number of anilines is 1. The maximum Gasteiger partial charge on any atom is 0.224 e. The van der Waals surface area contributed by atoms with Gasteiger partial charge in [0.05, 0.1) is 18.5 Å². The first-order valence-corrected chi connectivity index (χ1v) is 9.93. The molecule has 3 rings (SSSR count). The molecular weight excluding hydrogens is 372 g/mol. The third-order valence-corrected chi connectivity index (χ3v) is 4.74. The molecule has 7 heteroatoms. The fourth-order valence-electron chi connectivity index (χ4n) is 2.58. The molecule has 0 spiro atoms. The van der Waals surface area contributed by atoms with Crippen LogP contribution in [0.5, 0.6) is 5.75 Å². The molecule has 2 aromatic rings. The lowest BCUT2D eigenvalue weighted by Crippen LogP contribution is -2.36. The second-order valence-corrected chi connectivity index (χ2v) is 7.60. The van der Waals surface area contributed by atoms with Crippen LogP contribution in [0.25, 0.3) is 5.70 Å². The predicted molar refractivity (Wildman–Crippen MR) is 116 cm³/mol. The Balaban J connectivity index is 1.61. The number of rotatable bonds is 6. The van der Waals surface area contributed by atoms with Gasteiger partial charge in [-0.2, -0.15) is 0 Å². The first-order valence-electron chi connectivity index (χ1n) is 9.05. The summed E-state index contributed by atoms with van der Waals surface area (Å²) < 4.78 is 5.15. The van der Waals surface area contributed by atoms with Crippen molar-refractivity contribution >= 4 is 39.9 Å². The van der Waals surface area contributed by atoms with E-state index in [0.29, 0.717) is 12.3 Å². The molecule has 0 radical (unpaired) electrons. The highest BCUT2D eigenvalue weighted by atomic mass is 32.2. The number of hydrogen-bond acceptors (Lipinski definition) is 5. The van der Waals surface area contributed by atoms with Crippen LogP contribution in [0.2, 0.25) is 0 Å². The number of carbonyl (C=O) groups excluding carboxylic acids is 1. The van der Waals surface area contributed by atoms with Gasteiger partial charge in [0.25, 0.3) is 0 Å². The first-order chi connectivity index (χ1) is 13.5. The van der Waals surface area contributed by atoms with Crippen molar-refractivity contribution in [1.29, 1.82) is 0 Å². The van der Waals surface area contributed by atoms with Gasteiger partial charge in [0, 0.05) is 23.1 Å². The Morgan fingerprint density at radius 1 is 1.11 bits per heavy atom. The highest BCUT2D eigenvalue weighted by Gasteiger charge is 2.11. The Hall–Kier alpha value is -2.93. The van der Waals surface area contributed by atoms with E-state index in [4.69, 9.17) is 4.74 Å². The van der Waals surface area contributed by atoms with Crippen molar-refractivity contribution in [3.63, 3.8) is 0 Å². The minimum atomic E-state index is 0.0364. The Morgan fingerprint density at radius 3 is 2.39 bits per heavy atom. The standard InChI is InChI=1S/C21H24N4O2S/c1-14(2)12-20(26)22-16-6-4-15(5-7-16)19-13-28-21(25-24-19)23-17-8-10-18(27-3)11-9-17/h4-11,13-14,24H,12H2,1-3H3,(H,22,26)(H,23,25). The minimum Gasteiger partial charge on any atom is -0.497 e. The van der Waals surface area contributed by atoms with Gasteiger partial charge < -0.3 is 10.1 Å². The molecule has 1 aliphatic rings. The lowest BCUT2D eigenvalue weighted by molar-refractivity contribution is -0.116. The van der Waals surface area contributed by atoms with E-state index in [0.717, 1.165) is 33.6 Å². The average molecular weight is 397 g/mol. The van der Waals surface area contributed by atoms with E-state index in [1.165, 1.54) is 11.8 Å². The van der Waals surface area contributed by atoms with Crippen molar-refractivity contribution in [3.05, 3.63) is 59.5 Å². The number of hydrazine groups is 1. The van der Waals surface area contributed by atoms with E-state index in [1.807, 2.05) is 67.8 Å². The van der Waals surface area contributed by atoms with Crippen LogP contribution in [0, 0.1) is 5.92 Å². The van der Waals surface area contributed by atoms with E-state index in [1.54, 1.807) is 7.11 Å². The van der Waals surface area contributed by atoms with E-state index >= 15 is 0 Å². The maximum atomic E-state index is 11.9. The summed E-state index contributed by atoms with van der Waals surface area (Å²) >= 11 is 1.51. The third-order valence-electron chi connectivity index (χ3n) is 3.97. The van der Waals surface area contributed by atoms with Crippen molar-refractivity contribution in [2.45, 2.75) is 20.3 Å². The number of hydrogen-bond donors (Lipinski definition) is 3. The molecule has 0 fully saturated rings. The normalized spacial score (nSPS) is 14.9. The van der Waals surface area contributed by atoms with E-state index in [2.05, 4.69) is 21.2 Å². The Kier molecular flexibility index (Phi) is 6.60. The zero-order valence-corrected chi connectivity index (χ0v) is 17.0. The monoisotopic (exact) mass is 396 g/mol. The van der Waals surface area contributed by atoms with E-state index < -0.39 is 0 Å². The van der Waals surface area contributed by atoms with E-state index in [-0.39, 0.29) is 5.91 Å². The predicted octanol–water partition coefficient (Wildman–Crippen LogP) is 4.51. The molecule has 28 heavy (non-hydrogen) atoms.